The van der Waals surface area contributed by atoms with E-state index in [0.717, 1.165) is 18.1 Å². The van der Waals surface area contributed by atoms with E-state index in [9.17, 15) is 4.79 Å². The normalized spacial score (nSPS) is 10.7. The number of nitrogens with one attached hydrogen (secondary N) is 3. The summed E-state index contributed by atoms with van der Waals surface area (Å²) in [4.78, 5) is 16.1. The molecule has 130 valence electrons. The van der Waals surface area contributed by atoms with Crippen LogP contribution in [0.2, 0.25) is 0 Å². The lowest BCUT2D eigenvalue weighted by Gasteiger charge is -2.11. The third-order valence-corrected chi connectivity index (χ3v) is 3.98. The van der Waals surface area contributed by atoms with Crippen LogP contribution in [0.15, 0.2) is 46.1 Å². The molecule has 0 aliphatic carbocycles. The summed E-state index contributed by atoms with van der Waals surface area (Å²) in [6.07, 6.45) is 0. The van der Waals surface area contributed by atoms with Gasteiger partial charge in [0.1, 0.15) is 0 Å². The number of benzene rings is 1. The van der Waals surface area contributed by atoms with E-state index in [-0.39, 0.29) is 29.9 Å². The average Bonchev–Trinajstić information content (AvgIpc) is 3.10. The van der Waals surface area contributed by atoms with Gasteiger partial charge < -0.3 is 16.0 Å². The van der Waals surface area contributed by atoms with E-state index >= 15 is 0 Å². The van der Waals surface area contributed by atoms with Gasteiger partial charge in [0.05, 0.1) is 6.54 Å². The molecule has 0 spiro atoms. The van der Waals surface area contributed by atoms with Crippen molar-refractivity contribution < 1.29 is 4.79 Å². The van der Waals surface area contributed by atoms with Crippen molar-refractivity contribution in [3.63, 3.8) is 0 Å². The second-order valence-corrected chi connectivity index (χ2v) is 5.74. The van der Waals surface area contributed by atoms with Gasteiger partial charge in [0.25, 0.3) is 5.91 Å². The van der Waals surface area contributed by atoms with Crippen molar-refractivity contribution in [3.05, 3.63) is 57.8 Å². The second kappa shape index (κ2) is 11.0. The predicted octanol–water partition coefficient (Wildman–Crippen LogP) is 2.98. The van der Waals surface area contributed by atoms with Crippen molar-refractivity contribution in [2.75, 3.05) is 13.6 Å². The molecule has 0 unspecified atom stereocenters. The Balaban J connectivity index is 0.00000288. The number of carbonyl (C=O) groups is 1. The van der Waals surface area contributed by atoms with Crippen LogP contribution in [-0.4, -0.2) is 25.5 Å². The Morgan fingerprint density at radius 3 is 2.46 bits per heavy atom. The molecule has 3 N–H and O–H groups in total. The van der Waals surface area contributed by atoms with Gasteiger partial charge in [-0.05, 0) is 47.0 Å². The summed E-state index contributed by atoms with van der Waals surface area (Å²) in [6, 6.07) is 9.62. The van der Waals surface area contributed by atoms with E-state index < -0.39 is 0 Å². The third kappa shape index (κ3) is 6.48. The highest BCUT2D eigenvalue weighted by Gasteiger charge is 2.03. The molecular formula is C17H23IN4OS. The molecule has 0 fully saturated rings. The van der Waals surface area contributed by atoms with E-state index in [1.807, 2.05) is 31.2 Å². The van der Waals surface area contributed by atoms with Gasteiger partial charge in [-0.3, -0.25) is 4.79 Å². The Labute approximate surface area is 164 Å². The summed E-state index contributed by atoms with van der Waals surface area (Å²) in [5, 5.41) is 13.3. The van der Waals surface area contributed by atoms with Crippen LogP contribution in [0.25, 0.3) is 0 Å². The van der Waals surface area contributed by atoms with Crippen LogP contribution >= 0.6 is 35.3 Å². The average molecular weight is 458 g/mol. The van der Waals surface area contributed by atoms with E-state index in [4.69, 9.17) is 0 Å². The number of carbonyl (C=O) groups excluding carboxylic acids is 1. The Kier molecular flexibility index (Phi) is 9.39. The second-order valence-electron chi connectivity index (χ2n) is 4.96. The van der Waals surface area contributed by atoms with Gasteiger partial charge >= 0.3 is 0 Å². The van der Waals surface area contributed by atoms with Crippen LogP contribution in [0.5, 0.6) is 0 Å². The Morgan fingerprint density at radius 2 is 1.88 bits per heavy atom. The van der Waals surface area contributed by atoms with Crippen molar-refractivity contribution in [3.8, 4) is 0 Å². The first-order valence-corrected chi connectivity index (χ1v) is 8.51. The number of amides is 1. The molecule has 0 aliphatic heterocycles. The van der Waals surface area contributed by atoms with Gasteiger partial charge in [-0.25, -0.2) is 4.99 Å². The number of nitrogens with zero attached hydrogens (tertiary/aromatic N) is 1. The summed E-state index contributed by atoms with van der Waals surface area (Å²) in [5.41, 5.74) is 2.97. The van der Waals surface area contributed by atoms with E-state index in [2.05, 4.69) is 37.8 Å². The molecule has 1 aromatic carbocycles. The van der Waals surface area contributed by atoms with Crippen LogP contribution in [0.4, 0.5) is 0 Å². The molecule has 1 amide bonds. The lowest BCUT2D eigenvalue weighted by atomic mass is 10.1. The first kappa shape index (κ1) is 20.4. The molecule has 2 aromatic rings. The van der Waals surface area contributed by atoms with Crippen molar-refractivity contribution in [1.82, 2.24) is 16.0 Å². The molecule has 1 aromatic heterocycles. The van der Waals surface area contributed by atoms with Crippen molar-refractivity contribution in [2.45, 2.75) is 20.0 Å². The molecule has 0 radical (unpaired) electrons. The highest BCUT2D eigenvalue weighted by Crippen LogP contribution is 2.07. The van der Waals surface area contributed by atoms with Crippen molar-refractivity contribution in [1.29, 1.82) is 0 Å². The maximum absolute atomic E-state index is 11.5. The number of rotatable bonds is 6. The highest BCUT2D eigenvalue weighted by atomic mass is 127. The van der Waals surface area contributed by atoms with E-state index in [1.165, 1.54) is 5.56 Å². The number of thiophene rings is 1. The lowest BCUT2D eigenvalue weighted by Crippen LogP contribution is -2.36. The Bertz CT molecular complexity index is 641. The van der Waals surface area contributed by atoms with E-state index in [0.29, 0.717) is 18.7 Å². The molecule has 0 aliphatic rings. The molecule has 0 bridgehead atoms. The number of hydrogen-bond acceptors (Lipinski definition) is 3. The van der Waals surface area contributed by atoms with Gasteiger partial charge in [0, 0.05) is 25.7 Å². The van der Waals surface area contributed by atoms with Gasteiger partial charge in [-0.1, -0.05) is 12.1 Å². The number of guanidine groups is 1. The maximum Gasteiger partial charge on any atom is 0.251 e. The fourth-order valence-electron chi connectivity index (χ4n) is 2.00. The molecule has 5 nitrogen and oxygen atoms in total. The topological polar surface area (TPSA) is 65.5 Å². The molecule has 1 heterocycles. The number of aliphatic imine (C=N–C) groups is 1. The van der Waals surface area contributed by atoms with Crippen LogP contribution in [0.1, 0.15) is 28.4 Å². The van der Waals surface area contributed by atoms with Crippen LogP contribution < -0.4 is 16.0 Å². The summed E-state index contributed by atoms with van der Waals surface area (Å²) in [7, 11) is 1.63. The zero-order valence-corrected chi connectivity index (χ0v) is 17.0. The Hall–Kier alpha value is -1.61. The van der Waals surface area contributed by atoms with Crippen molar-refractivity contribution in [2.24, 2.45) is 4.99 Å². The molecule has 0 saturated carbocycles. The zero-order valence-electron chi connectivity index (χ0n) is 13.8. The monoisotopic (exact) mass is 458 g/mol. The largest absolute Gasteiger partial charge is 0.357 e. The minimum absolute atomic E-state index is 0. The van der Waals surface area contributed by atoms with Crippen LogP contribution in [0.3, 0.4) is 0 Å². The maximum atomic E-state index is 11.5. The summed E-state index contributed by atoms with van der Waals surface area (Å²) in [5.74, 6) is 0.712. The third-order valence-electron chi connectivity index (χ3n) is 3.25. The minimum atomic E-state index is -0.0739. The number of hydrogen-bond donors (Lipinski definition) is 3. The van der Waals surface area contributed by atoms with Crippen LogP contribution in [-0.2, 0) is 13.1 Å². The molecule has 2 rings (SSSR count). The molecule has 7 heteroatoms. The molecular weight excluding hydrogens is 435 g/mol. The zero-order chi connectivity index (χ0) is 16.5. The first-order chi connectivity index (χ1) is 11.2. The smallest absolute Gasteiger partial charge is 0.251 e. The van der Waals surface area contributed by atoms with Gasteiger partial charge in [0.15, 0.2) is 5.96 Å². The highest BCUT2D eigenvalue weighted by molar-refractivity contribution is 14.0. The standard InChI is InChI=1S/C17H22N4OS.HI/c1-3-19-17(21-11-14-8-9-23-12-14)20-10-13-4-6-15(7-5-13)16(22)18-2;/h4-9,12H,3,10-11H2,1-2H3,(H,18,22)(H2,19,20,21);1H. The van der Waals surface area contributed by atoms with Gasteiger partial charge in [-0.15, -0.1) is 24.0 Å². The van der Waals surface area contributed by atoms with Crippen molar-refractivity contribution >= 4 is 47.2 Å². The molecule has 0 atom stereocenters. The number of halogens is 1. The Morgan fingerprint density at radius 1 is 1.12 bits per heavy atom. The predicted molar refractivity (Wildman–Crippen MR) is 111 cm³/mol. The van der Waals surface area contributed by atoms with Crippen LogP contribution in [0, 0.1) is 0 Å². The quantitative estimate of drug-likeness (QED) is 0.354. The van der Waals surface area contributed by atoms with Gasteiger partial charge in [-0.2, -0.15) is 11.3 Å². The molecule has 24 heavy (non-hydrogen) atoms. The summed E-state index contributed by atoms with van der Waals surface area (Å²) < 4.78 is 0. The summed E-state index contributed by atoms with van der Waals surface area (Å²) >= 11 is 1.68. The minimum Gasteiger partial charge on any atom is -0.357 e. The van der Waals surface area contributed by atoms with Gasteiger partial charge in [0.2, 0.25) is 0 Å². The fraction of sp³-hybridized carbons (Fsp3) is 0.294. The fourth-order valence-corrected chi connectivity index (χ4v) is 2.66. The summed E-state index contributed by atoms with van der Waals surface area (Å²) in [6.45, 7) is 4.17. The molecule has 0 saturated heterocycles. The van der Waals surface area contributed by atoms with E-state index in [1.54, 1.807) is 18.4 Å². The first-order valence-electron chi connectivity index (χ1n) is 7.57. The lowest BCUT2D eigenvalue weighted by molar-refractivity contribution is 0.0963. The SMILES string of the molecule is CCNC(=NCc1ccsc1)NCc1ccc(C(=O)NC)cc1.I.